The summed E-state index contributed by atoms with van der Waals surface area (Å²) in [6.45, 7) is 4.91. The Morgan fingerprint density at radius 3 is 2.40 bits per heavy atom. The number of carbonyl (C=O) groups is 1. The van der Waals surface area contributed by atoms with E-state index in [9.17, 15) is 18.0 Å². The van der Waals surface area contributed by atoms with Gasteiger partial charge in [-0.2, -0.15) is 13.2 Å². The van der Waals surface area contributed by atoms with Crippen molar-refractivity contribution >= 4 is 29.2 Å². The zero-order chi connectivity index (χ0) is 29.5. The minimum absolute atomic E-state index is 0.120. The molecule has 0 aliphatic carbocycles. The van der Waals surface area contributed by atoms with Gasteiger partial charge < -0.3 is 15.1 Å². The molecular weight excluding hydrogens is 561 g/mol. The average molecular weight is 593 g/mol. The van der Waals surface area contributed by atoms with Crippen molar-refractivity contribution in [3.05, 3.63) is 107 Å². The van der Waals surface area contributed by atoms with Gasteiger partial charge in [-0.25, -0.2) is 9.97 Å². The van der Waals surface area contributed by atoms with Crippen LogP contribution >= 0.6 is 11.8 Å². The summed E-state index contributed by atoms with van der Waals surface area (Å²) in [7, 11) is 0. The van der Waals surface area contributed by atoms with Crippen molar-refractivity contribution in [1.29, 1.82) is 0 Å². The average Bonchev–Trinajstić information content (AvgIpc) is 3.00. The molecule has 5 rings (SSSR count). The van der Waals surface area contributed by atoms with Gasteiger partial charge in [-0.3, -0.25) is 9.78 Å². The first-order valence-corrected chi connectivity index (χ1v) is 14.7. The molecule has 0 spiro atoms. The fourth-order valence-electron chi connectivity index (χ4n) is 4.68. The van der Waals surface area contributed by atoms with Crippen molar-refractivity contribution in [2.24, 2.45) is 0 Å². The highest BCUT2D eigenvalue weighted by Gasteiger charge is 2.31. The Morgan fingerprint density at radius 2 is 1.69 bits per heavy atom. The van der Waals surface area contributed by atoms with Gasteiger partial charge in [0.25, 0.3) is 5.91 Å². The van der Waals surface area contributed by atoms with Crippen LogP contribution in [0.1, 0.15) is 32.9 Å². The number of alkyl halides is 3. The predicted octanol–water partition coefficient (Wildman–Crippen LogP) is 5.79. The molecular formula is C31H31F3N6OS. The van der Waals surface area contributed by atoms with Gasteiger partial charge in [-0.05, 0) is 55.0 Å². The van der Waals surface area contributed by atoms with E-state index < -0.39 is 11.7 Å². The number of halogens is 3. The summed E-state index contributed by atoms with van der Waals surface area (Å²) in [5.41, 5.74) is 3.37. The van der Waals surface area contributed by atoms with E-state index in [4.69, 9.17) is 4.98 Å². The van der Waals surface area contributed by atoms with Crippen molar-refractivity contribution in [3.63, 3.8) is 0 Å². The topological polar surface area (TPSA) is 74.2 Å². The predicted molar refractivity (Wildman–Crippen MR) is 159 cm³/mol. The standard InChI is InChI=1S/C31H31F3N6OS/c1-22-19-28(40-17-15-39(16-18-40)27-7-4-5-25(20-27)31(32,33)34)38-30(37-22)42-21-23-8-10-24(11-9-23)29(41)36-14-12-26-6-2-3-13-35-26/h2-11,13,19-20H,12,14-18,21H2,1H3,(H,36,41). The van der Waals surface area contributed by atoms with E-state index in [1.54, 1.807) is 12.3 Å². The number of thioether (sulfide) groups is 1. The van der Waals surface area contributed by atoms with Gasteiger partial charge in [0, 0.05) is 79.8 Å². The van der Waals surface area contributed by atoms with Crippen LogP contribution in [0.2, 0.25) is 0 Å². The van der Waals surface area contributed by atoms with E-state index >= 15 is 0 Å². The minimum atomic E-state index is -4.36. The lowest BCUT2D eigenvalue weighted by Crippen LogP contribution is -2.47. The number of benzene rings is 2. The Kier molecular flexibility index (Phi) is 9.26. The quantitative estimate of drug-likeness (QED) is 0.195. The number of amides is 1. The molecule has 1 aliphatic heterocycles. The third-order valence-electron chi connectivity index (χ3n) is 6.94. The highest BCUT2D eigenvalue weighted by molar-refractivity contribution is 7.98. The molecule has 218 valence electrons. The maximum absolute atomic E-state index is 13.1. The minimum Gasteiger partial charge on any atom is -0.368 e. The number of anilines is 2. The maximum Gasteiger partial charge on any atom is 0.416 e. The molecule has 42 heavy (non-hydrogen) atoms. The van der Waals surface area contributed by atoms with E-state index in [2.05, 4.69) is 20.2 Å². The molecule has 0 atom stereocenters. The zero-order valence-electron chi connectivity index (χ0n) is 23.1. The zero-order valence-corrected chi connectivity index (χ0v) is 24.0. The second kappa shape index (κ2) is 13.2. The summed E-state index contributed by atoms with van der Waals surface area (Å²) >= 11 is 1.52. The Labute approximate surface area is 247 Å². The Morgan fingerprint density at radius 1 is 0.929 bits per heavy atom. The van der Waals surface area contributed by atoms with Crippen LogP contribution in [0.3, 0.4) is 0 Å². The molecule has 11 heteroatoms. The van der Waals surface area contributed by atoms with Crippen molar-refractivity contribution in [1.82, 2.24) is 20.3 Å². The van der Waals surface area contributed by atoms with Gasteiger partial charge in [0.15, 0.2) is 5.16 Å². The molecule has 3 heterocycles. The number of rotatable bonds is 9. The van der Waals surface area contributed by atoms with Crippen molar-refractivity contribution in [2.75, 3.05) is 42.5 Å². The Balaban J connectivity index is 1.13. The molecule has 7 nitrogen and oxygen atoms in total. The van der Waals surface area contributed by atoms with Crippen molar-refractivity contribution in [3.8, 4) is 0 Å². The summed E-state index contributed by atoms with van der Waals surface area (Å²) in [4.78, 5) is 30.2. The van der Waals surface area contributed by atoms with E-state index in [-0.39, 0.29) is 5.91 Å². The van der Waals surface area contributed by atoms with Gasteiger partial charge in [0.05, 0.1) is 5.56 Å². The second-order valence-electron chi connectivity index (χ2n) is 9.98. The molecule has 1 N–H and O–H groups in total. The lowest BCUT2D eigenvalue weighted by atomic mass is 10.1. The van der Waals surface area contributed by atoms with Gasteiger partial charge in [0.1, 0.15) is 5.82 Å². The number of aryl methyl sites for hydroxylation is 1. The molecule has 2 aromatic heterocycles. The van der Waals surface area contributed by atoms with E-state index in [1.165, 1.54) is 23.9 Å². The summed E-state index contributed by atoms with van der Waals surface area (Å²) in [6, 6.07) is 20.6. The molecule has 0 radical (unpaired) electrons. The molecule has 0 unspecified atom stereocenters. The van der Waals surface area contributed by atoms with Gasteiger partial charge in [-0.15, -0.1) is 0 Å². The van der Waals surface area contributed by atoms with Crippen LogP contribution in [-0.4, -0.2) is 53.6 Å². The first-order valence-electron chi connectivity index (χ1n) is 13.7. The molecule has 1 aliphatic rings. The number of pyridine rings is 1. The lowest BCUT2D eigenvalue weighted by Gasteiger charge is -2.37. The van der Waals surface area contributed by atoms with Gasteiger partial charge in [0.2, 0.25) is 0 Å². The fourth-order valence-corrected chi connectivity index (χ4v) is 5.53. The molecule has 0 bridgehead atoms. The summed E-state index contributed by atoms with van der Waals surface area (Å²) in [5.74, 6) is 1.34. The monoisotopic (exact) mass is 592 g/mol. The van der Waals surface area contributed by atoms with Crippen LogP contribution in [0.25, 0.3) is 0 Å². The van der Waals surface area contributed by atoms with Gasteiger partial charge in [-0.1, -0.05) is 36.0 Å². The van der Waals surface area contributed by atoms with E-state index in [1.807, 2.05) is 60.4 Å². The number of carbonyl (C=O) groups excluding carboxylic acids is 1. The fraction of sp³-hybridized carbons (Fsp3) is 0.290. The number of piperazine rings is 1. The van der Waals surface area contributed by atoms with E-state index in [0.717, 1.165) is 28.8 Å². The van der Waals surface area contributed by atoms with Crippen LogP contribution in [0.15, 0.2) is 84.1 Å². The Hall–Kier alpha value is -4.12. The summed E-state index contributed by atoms with van der Waals surface area (Å²) < 4.78 is 39.4. The molecule has 0 saturated carbocycles. The number of nitrogens with one attached hydrogen (secondary N) is 1. The SMILES string of the molecule is Cc1cc(N2CCN(c3cccc(C(F)(F)F)c3)CC2)nc(SCc2ccc(C(=O)NCCc3ccccn3)cc2)n1. The van der Waals surface area contributed by atoms with Crippen LogP contribution in [0.4, 0.5) is 24.7 Å². The highest BCUT2D eigenvalue weighted by atomic mass is 32.2. The molecule has 1 fully saturated rings. The normalized spacial score (nSPS) is 13.7. The van der Waals surface area contributed by atoms with Crippen LogP contribution in [-0.2, 0) is 18.3 Å². The highest BCUT2D eigenvalue weighted by Crippen LogP contribution is 2.32. The molecule has 2 aromatic carbocycles. The first-order chi connectivity index (χ1) is 20.2. The van der Waals surface area contributed by atoms with Crippen molar-refractivity contribution < 1.29 is 18.0 Å². The maximum atomic E-state index is 13.1. The lowest BCUT2D eigenvalue weighted by molar-refractivity contribution is -0.137. The van der Waals surface area contributed by atoms with Crippen LogP contribution < -0.4 is 15.1 Å². The van der Waals surface area contributed by atoms with Crippen molar-refractivity contribution in [2.45, 2.75) is 30.4 Å². The third kappa shape index (κ3) is 7.79. The number of hydrogen-bond donors (Lipinski definition) is 1. The third-order valence-corrected chi connectivity index (χ3v) is 7.86. The summed E-state index contributed by atoms with van der Waals surface area (Å²) in [6.07, 6.45) is -1.95. The summed E-state index contributed by atoms with van der Waals surface area (Å²) in [5, 5.41) is 3.59. The van der Waals surface area contributed by atoms with Crippen LogP contribution in [0, 0.1) is 6.92 Å². The largest absolute Gasteiger partial charge is 0.416 e. The molecule has 1 amide bonds. The molecule has 4 aromatic rings. The number of hydrogen-bond acceptors (Lipinski definition) is 7. The number of nitrogens with zero attached hydrogens (tertiary/aromatic N) is 5. The molecule has 1 saturated heterocycles. The van der Waals surface area contributed by atoms with E-state index in [0.29, 0.717) is 61.3 Å². The van der Waals surface area contributed by atoms with Crippen LogP contribution in [0.5, 0.6) is 0 Å². The smallest absolute Gasteiger partial charge is 0.368 e. The number of aromatic nitrogens is 3. The first kappa shape index (κ1) is 29.4. The second-order valence-corrected chi connectivity index (χ2v) is 10.9. The van der Waals surface area contributed by atoms with Gasteiger partial charge >= 0.3 is 6.18 Å². The Bertz CT molecular complexity index is 1490.